The number of aryl methyl sites for hydroxylation is 1. The third-order valence-electron chi connectivity index (χ3n) is 3.13. The Labute approximate surface area is 126 Å². The highest BCUT2D eigenvalue weighted by atomic mass is 79.9. The summed E-state index contributed by atoms with van der Waals surface area (Å²) in [6, 6.07) is 6.20. The number of rotatable bonds is 6. The molecule has 108 valence electrons. The third-order valence-corrected chi connectivity index (χ3v) is 3.62. The Morgan fingerprint density at radius 2 is 2.00 bits per heavy atom. The molecular weight excluding hydrogens is 302 g/mol. The number of hydrogen-bond acceptors (Lipinski definition) is 2. The van der Waals surface area contributed by atoms with Crippen LogP contribution in [0.5, 0.6) is 5.75 Å². The highest BCUT2D eigenvalue weighted by molar-refractivity contribution is 9.10. The van der Waals surface area contributed by atoms with Crippen molar-refractivity contribution in [2.75, 3.05) is 13.7 Å². The summed E-state index contributed by atoms with van der Waals surface area (Å²) >= 11 is 3.52. The van der Waals surface area contributed by atoms with Crippen LogP contribution in [0.1, 0.15) is 39.7 Å². The first kappa shape index (κ1) is 16.5. The lowest BCUT2D eigenvalue weighted by Crippen LogP contribution is -2.38. The minimum absolute atomic E-state index is 0.196. The zero-order chi connectivity index (χ0) is 14.5. The van der Waals surface area contributed by atoms with E-state index >= 15 is 0 Å². The Balaban J connectivity index is 2.50. The van der Waals surface area contributed by atoms with Gasteiger partial charge in [-0.15, -0.1) is 0 Å². The van der Waals surface area contributed by atoms with E-state index in [2.05, 4.69) is 55.0 Å². The largest absolute Gasteiger partial charge is 0.496 e. The fourth-order valence-corrected chi connectivity index (χ4v) is 2.34. The predicted octanol–water partition coefficient (Wildman–Crippen LogP) is 4.41. The molecule has 0 aliphatic rings. The second-order valence-corrected chi connectivity index (χ2v) is 7.15. The standard InChI is InChI=1S/C16H26BrNO/c1-12(11-18-16(2,3)4)6-7-13-10-14(17)8-9-15(13)19-5/h8-10,12,18H,6-7,11H2,1-5H3. The predicted molar refractivity (Wildman–Crippen MR) is 85.9 cm³/mol. The molecule has 0 aliphatic heterocycles. The summed E-state index contributed by atoms with van der Waals surface area (Å²) in [5.41, 5.74) is 1.47. The van der Waals surface area contributed by atoms with E-state index in [9.17, 15) is 0 Å². The van der Waals surface area contributed by atoms with Crippen molar-refractivity contribution in [3.63, 3.8) is 0 Å². The summed E-state index contributed by atoms with van der Waals surface area (Å²) in [6.45, 7) is 9.97. The van der Waals surface area contributed by atoms with Gasteiger partial charge in [0.2, 0.25) is 0 Å². The van der Waals surface area contributed by atoms with Gasteiger partial charge in [0.25, 0.3) is 0 Å². The van der Waals surface area contributed by atoms with Crippen molar-refractivity contribution >= 4 is 15.9 Å². The van der Waals surface area contributed by atoms with Crippen molar-refractivity contribution in [1.82, 2.24) is 5.32 Å². The Morgan fingerprint density at radius 1 is 1.32 bits per heavy atom. The molecule has 1 aromatic carbocycles. The first-order valence-electron chi connectivity index (χ1n) is 6.89. The van der Waals surface area contributed by atoms with E-state index in [1.807, 2.05) is 12.1 Å². The fourth-order valence-electron chi connectivity index (χ4n) is 1.93. The monoisotopic (exact) mass is 327 g/mol. The van der Waals surface area contributed by atoms with Gasteiger partial charge in [-0.05, 0) is 69.8 Å². The molecule has 19 heavy (non-hydrogen) atoms. The molecule has 0 radical (unpaired) electrons. The molecule has 0 heterocycles. The van der Waals surface area contributed by atoms with Gasteiger partial charge in [0, 0.05) is 10.0 Å². The summed E-state index contributed by atoms with van der Waals surface area (Å²) in [5.74, 6) is 1.64. The topological polar surface area (TPSA) is 21.3 Å². The quantitative estimate of drug-likeness (QED) is 0.835. The number of nitrogens with one attached hydrogen (secondary N) is 1. The molecule has 0 aromatic heterocycles. The number of benzene rings is 1. The van der Waals surface area contributed by atoms with Crippen molar-refractivity contribution in [2.45, 2.75) is 46.1 Å². The van der Waals surface area contributed by atoms with E-state index in [4.69, 9.17) is 4.74 Å². The molecule has 1 N–H and O–H groups in total. The van der Waals surface area contributed by atoms with Gasteiger partial charge in [-0.2, -0.15) is 0 Å². The molecule has 0 amide bonds. The van der Waals surface area contributed by atoms with Crippen LogP contribution in [0.4, 0.5) is 0 Å². The van der Waals surface area contributed by atoms with Crippen LogP contribution in [-0.2, 0) is 6.42 Å². The van der Waals surface area contributed by atoms with Crippen LogP contribution in [-0.4, -0.2) is 19.2 Å². The molecule has 0 saturated carbocycles. The molecule has 3 heteroatoms. The van der Waals surface area contributed by atoms with Gasteiger partial charge in [-0.3, -0.25) is 0 Å². The van der Waals surface area contributed by atoms with Crippen LogP contribution in [0, 0.1) is 5.92 Å². The van der Waals surface area contributed by atoms with E-state index in [1.54, 1.807) is 7.11 Å². The van der Waals surface area contributed by atoms with Crippen LogP contribution < -0.4 is 10.1 Å². The lowest BCUT2D eigenvalue weighted by atomic mass is 9.99. The Bertz CT molecular complexity index is 398. The summed E-state index contributed by atoms with van der Waals surface area (Å²) in [7, 11) is 1.73. The molecule has 1 atom stereocenters. The molecule has 0 aliphatic carbocycles. The Kier molecular flexibility index (Phi) is 6.34. The maximum atomic E-state index is 5.41. The normalized spacial score (nSPS) is 13.4. The second-order valence-electron chi connectivity index (χ2n) is 6.23. The minimum Gasteiger partial charge on any atom is -0.496 e. The maximum absolute atomic E-state index is 5.41. The second kappa shape index (κ2) is 7.30. The number of halogens is 1. The smallest absolute Gasteiger partial charge is 0.122 e. The lowest BCUT2D eigenvalue weighted by Gasteiger charge is -2.23. The van der Waals surface area contributed by atoms with Crippen LogP contribution in [0.25, 0.3) is 0 Å². The van der Waals surface area contributed by atoms with Crippen LogP contribution in [0.15, 0.2) is 22.7 Å². The van der Waals surface area contributed by atoms with E-state index < -0.39 is 0 Å². The molecule has 0 bridgehead atoms. The first-order valence-corrected chi connectivity index (χ1v) is 7.68. The van der Waals surface area contributed by atoms with Gasteiger partial charge >= 0.3 is 0 Å². The van der Waals surface area contributed by atoms with Gasteiger partial charge in [-0.1, -0.05) is 22.9 Å². The molecular formula is C16H26BrNO. The molecule has 2 nitrogen and oxygen atoms in total. The van der Waals surface area contributed by atoms with Gasteiger partial charge in [-0.25, -0.2) is 0 Å². The average Bonchev–Trinajstić information content (AvgIpc) is 2.33. The number of ether oxygens (including phenoxy) is 1. The van der Waals surface area contributed by atoms with Crippen LogP contribution >= 0.6 is 15.9 Å². The van der Waals surface area contributed by atoms with E-state index in [-0.39, 0.29) is 5.54 Å². The molecule has 1 aromatic rings. The molecule has 1 rings (SSSR count). The average molecular weight is 328 g/mol. The van der Waals surface area contributed by atoms with E-state index in [0.717, 1.165) is 29.6 Å². The highest BCUT2D eigenvalue weighted by Gasteiger charge is 2.12. The van der Waals surface area contributed by atoms with Crippen molar-refractivity contribution in [1.29, 1.82) is 0 Å². The Morgan fingerprint density at radius 3 is 2.58 bits per heavy atom. The number of hydrogen-bond donors (Lipinski definition) is 1. The van der Waals surface area contributed by atoms with Crippen molar-refractivity contribution in [2.24, 2.45) is 5.92 Å². The van der Waals surface area contributed by atoms with E-state index in [1.165, 1.54) is 5.56 Å². The lowest BCUT2D eigenvalue weighted by molar-refractivity contribution is 0.369. The third kappa shape index (κ3) is 6.44. The zero-order valence-electron chi connectivity index (χ0n) is 12.7. The summed E-state index contributed by atoms with van der Waals surface area (Å²) in [6.07, 6.45) is 2.21. The SMILES string of the molecule is COc1ccc(Br)cc1CCC(C)CNC(C)(C)C. The highest BCUT2D eigenvalue weighted by Crippen LogP contribution is 2.25. The first-order chi connectivity index (χ1) is 8.81. The molecule has 0 saturated heterocycles. The van der Waals surface area contributed by atoms with Crippen LogP contribution in [0.3, 0.4) is 0 Å². The van der Waals surface area contributed by atoms with Crippen molar-refractivity contribution in [3.05, 3.63) is 28.2 Å². The zero-order valence-corrected chi connectivity index (χ0v) is 14.3. The fraction of sp³-hybridized carbons (Fsp3) is 0.625. The van der Waals surface area contributed by atoms with Crippen molar-refractivity contribution < 1.29 is 4.74 Å². The van der Waals surface area contributed by atoms with Gasteiger partial charge in [0.15, 0.2) is 0 Å². The van der Waals surface area contributed by atoms with Crippen molar-refractivity contribution in [3.8, 4) is 5.75 Å². The molecule has 0 spiro atoms. The maximum Gasteiger partial charge on any atom is 0.122 e. The number of methoxy groups -OCH3 is 1. The minimum atomic E-state index is 0.196. The summed E-state index contributed by atoms with van der Waals surface area (Å²) < 4.78 is 6.52. The van der Waals surface area contributed by atoms with Crippen LogP contribution in [0.2, 0.25) is 0 Å². The summed E-state index contributed by atoms with van der Waals surface area (Å²) in [5, 5.41) is 3.56. The Hall–Kier alpha value is -0.540. The van der Waals surface area contributed by atoms with Gasteiger partial charge < -0.3 is 10.1 Å². The molecule has 0 fully saturated rings. The van der Waals surface area contributed by atoms with Gasteiger partial charge in [0.05, 0.1) is 7.11 Å². The van der Waals surface area contributed by atoms with Gasteiger partial charge in [0.1, 0.15) is 5.75 Å². The summed E-state index contributed by atoms with van der Waals surface area (Å²) in [4.78, 5) is 0. The molecule has 1 unspecified atom stereocenters. The van der Waals surface area contributed by atoms with E-state index in [0.29, 0.717) is 5.92 Å².